The van der Waals surface area contributed by atoms with Gasteiger partial charge in [-0.05, 0) is 17.9 Å². The third kappa shape index (κ3) is 1.60. The molecule has 0 atom stereocenters. The van der Waals surface area contributed by atoms with E-state index < -0.39 is 0 Å². The number of aromatic nitrogens is 2. The number of carbonyl (C=O) groups excluding carboxylic acids is 1. The molecule has 88 valence electrons. The van der Waals surface area contributed by atoms with Crippen molar-refractivity contribution in [2.75, 3.05) is 0 Å². The number of Topliss-reactive ketones (excluding diaryl/α,β-unsaturated/α-hetero) is 1. The zero-order chi connectivity index (χ0) is 12.0. The molecule has 0 spiro atoms. The zero-order valence-electron chi connectivity index (χ0n) is 9.93. The number of rotatable bonds is 1. The fourth-order valence-corrected chi connectivity index (χ4v) is 2.49. The van der Waals surface area contributed by atoms with Crippen molar-refractivity contribution in [1.29, 1.82) is 0 Å². The maximum atomic E-state index is 12.0. The van der Waals surface area contributed by atoms with Gasteiger partial charge in [-0.1, -0.05) is 19.0 Å². The van der Waals surface area contributed by atoms with Crippen LogP contribution in [-0.4, -0.2) is 15.5 Å². The Morgan fingerprint density at radius 3 is 2.88 bits per heavy atom. The van der Waals surface area contributed by atoms with E-state index in [2.05, 4.69) is 19.0 Å². The molecule has 4 nitrogen and oxygen atoms in total. The van der Waals surface area contributed by atoms with Crippen LogP contribution in [0.4, 0.5) is 0 Å². The molecule has 0 aromatic carbocycles. The minimum atomic E-state index is 0.0178. The van der Waals surface area contributed by atoms with Crippen LogP contribution in [0.5, 0.6) is 0 Å². The van der Waals surface area contributed by atoms with Gasteiger partial charge >= 0.3 is 0 Å². The van der Waals surface area contributed by atoms with Crippen LogP contribution in [-0.2, 0) is 6.42 Å². The summed E-state index contributed by atoms with van der Waals surface area (Å²) in [5, 5.41) is 3.92. The normalized spacial score (nSPS) is 18.1. The van der Waals surface area contributed by atoms with Crippen molar-refractivity contribution in [2.24, 2.45) is 5.41 Å². The van der Waals surface area contributed by atoms with Gasteiger partial charge in [0.1, 0.15) is 6.26 Å². The van der Waals surface area contributed by atoms with Gasteiger partial charge in [-0.15, -0.1) is 0 Å². The molecule has 3 rings (SSSR count). The summed E-state index contributed by atoms with van der Waals surface area (Å²) in [6, 6.07) is 3.67. The molecule has 0 bridgehead atoms. The highest BCUT2D eigenvalue weighted by atomic mass is 16.5. The maximum absolute atomic E-state index is 12.0. The third-order valence-electron chi connectivity index (χ3n) is 3.25. The number of hydrogen-bond acceptors (Lipinski definition) is 3. The van der Waals surface area contributed by atoms with Gasteiger partial charge in [0.2, 0.25) is 0 Å². The smallest absolute Gasteiger partial charge is 0.180 e. The molecule has 4 heteroatoms. The molecule has 2 aromatic rings. The van der Waals surface area contributed by atoms with Crippen LogP contribution in [0.25, 0.3) is 5.82 Å². The Bertz CT molecular complexity index is 564. The van der Waals surface area contributed by atoms with Gasteiger partial charge in [0, 0.05) is 29.9 Å². The molecular weight excluding hydrogens is 216 g/mol. The molecular formula is C13H14N2O2. The zero-order valence-corrected chi connectivity index (χ0v) is 9.93. The molecule has 0 saturated heterocycles. The predicted molar refractivity (Wildman–Crippen MR) is 62.3 cm³/mol. The lowest BCUT2D eigenvalue weighted by molar-refractivity contribution is 0.0911. The van der Waals surface area contributed by atoms with Gasteiger partial charge < -0.3 is 9.09 Å². The van der Waals surface area contributed by atoms with Gasteiger partial charge in [0.15, 0.2) is 11.6 Å². The SMILES string of the molecule is CC1(C)CC(=O)c2ccn(-c3ccon3)c2C1. The van der Waals surface area contributed by atoms with Gasteiger partial charge in [0.05, 0.1) is 0 Å². The summed E-state index contributed by atoms with van der Waals surface area (Å²) in [7, 11) is 0. The van der Waals surface area contributed by atoms with E-state index in [0.29, 0.717) is 6.42 Å². The Morgan fingerprint density at radius 1 is 1.35 bits per heavy atom. The molecule has 17 heavy (non-hydrogen) atoms. The first-order valence-corrected chi connectivity index (χ1v) is 5.71. The van der Waals surface area contributed by atoms with Gasteiger partial charge in [-0.3, -0.25) is 4.79 Å². The van der Waals surface area contributed by atoms with Crippen LogP contribution in [0.15, 0.2) is 29.1 Å². The van der Waals surface area contributed by atoms with Crippen LogP contribution in [0.2, 0.25) is 0 Å². The molecule has 1 aliphatic carbocycles. The molecule has 2 aromatic heterocycles. The van der Waals surface area contributed by atoms with Crippen LogP contribution in [0.1, 0.15) is 36.3 Å². The first kappa shape index (κ1) is 10.3. The van der Waals surface area contributed by atoms with Gasteiger partial charge in [-0.25, -0.2) is 0 Å². The molecule has 0 saturated carbocycles. The summed E-state index contributed by atoms with van der Waals surface area (Å²) in [6.07, 6.45) is 4.93. The van der Waals surface area contributed by atoms with Crippen molar-refractivity contribution in [1.82, 2.24) is 9.72 Å². The number of hydrogen-bond donors (Lipinski definition) is 0. The Morgan fingerprint density at radius 2 is 2.18 bits per heavy atom. The second-order valence-electron chi connectivity index (χ2n) is 5.34. The van der Waals surface area contributed by atoms with E-state index in [4.69, 9.17) is 4.52 Å². The first-order chi connectivity index (χ1) is 8.07. The molecule has 0 aliphatic heterocycles. The van der Waals surface area contributed by atoms with Crippen LogP contribution >= 0.6 is 0 Å². The highest BCUT2D eigenvalue weighted by molar-refractivity contribution is 5.99. The summed E-state index contributed by atoms with van der Waals surface area (Å²) in [5.41, 5.74) is 1.89. The largest absolute Gasteiger partial charge is 0.363 e. The number of fused-ring (bicyclic) bond motifs is 1. The Hall–Kier alpha value is -1.84. The van der Waals surface area contributed by atoms with Crippen LogP contribution in [0.3, 0.4) is 0 Å². The molecule has 2 heterocycles. The summed E-state index contributed by atoms with van der Waals surface area (Å²) >= 11 is 0. The topological polar surface area (TPSA) is 48.0 Å². The minimum absolute atomic E-state index is 0.0178. The van der Waals surface area contributed by atoms with E-state index in [1.165, 1.54) is 6.26 Å². The van der Waals surface area contributed by atoms with E-state index in [0.717, 1.165) is 23.5 Å². The van der Waals surface area contributed by atoms with Crippen molar-refractivity contribution < 1.29 is 9.32 Å². The Balaban J connectivity index is 2.14. The summed E-state index contributed by atoms with van der Waals surface area (Å²) in [5.74, 6) is 0.954. The molecule has 0 amide bonds. The quantitative estimate of drug-likeness (QED) is 0.756. The maximum Gasteiger partial charge on any atom is 0.180 e. The summed E-state index contributed by atoms with van der Waals surface area (Å²) < 4.78 is 6.79. The molecule has 0 N–H and O–H groups in total. The fraction of sp³-hybridized carbons (Fsp3) is 0.385. The lowest BCUT2D eigenvalue weighted by Crippen LogP contribution is -2.27. The first-order valence-electron chi connectivity index (χ1n) is 5.71. The Labute approximate surface area is 99.2 Å². The van der Waals surface area contributed by atoms with Crippen LogP contribution < -0.4 is 0 Å². The number of carbonyl (C=O) groups is 1. The van der Waals surface area contributed by atoms with Crippen molar-refractivity contribution in [3.63, 3.8) is 0 Å². The molecule has 1 aliphatic rings. The second kappa shape index (κ2) is 3.32. The van der Waals surface area contributed by atoms with Crippen molar-refractivity contribution >= 4 is 5.78 Å². The third-order valence-corrected chi connectivity index (χ3v) is 3.25. The Kier molecular flexibility index (Phi) is 2.02. The predicted octanol–water partition coefficient (Wildman–Crippen LogP) is 2.62. The minimum Gasteiger partial charge on any atom is -0.363 e. The molecule has 0 unspecified atom stereocenters. The summed E-state index contributed by atoms with van der Waals surface area (Å²) in [6.45, 7) is 4.24. The van der Waals surface area contributed by atoms with E-state index in [-0.39, 0.29) is 11.2 Å². The van der Waals surface area contributed by atoms with E-state index in [1.807, 2.05) is 16.8 Å². The summed E-state index contributed by atoms with van der Waals surface area (Å²) in [4.78, 5) is 12.0. The van der Waals surface area contributed by atoms with Crippen molar-refractivity contribution in [3.8, 4) is 5.82 Å². The second-order valence-corrected chi connectivity index (χ2v) is 5.34. The molecule has 0 fully saturated rings. The highest BCUT2D eigenvalue weighted by Crippen LogP contribution is 2.35. The fourth-order valence-electron chi connectivity index (χ4n) is 2.49. The highest BCUT2D eigenvalue weighted by Gasteiger charge is 2.33. The number of ketones is 1. The van der Waals surface area contributed by atoms with E-state index in [9.17, 15) is 4.79 Å². The average molecular weight is 230 g/mol. The van der Waals surface area contributed by atoms with E-state index >= 15 is 0 Å². The van der Waals surface area contributed by atoms with Crippen LogP contribution in [0, 0.1) is 5.41 Å². The molecule has 0 radical (unpaired) electrons. The van der Waals surface area contributed by atoms with E-state index in [1.54, 1.807) is 6.07 Å². The lowest BCUT2D eigenvalue weighted by atomic mass is 9.76. The van der Waals surface area contributed by atoms with Gasteiger partial charge in [-0.2, -0.15) is 0 Å². The lowest BCUT2D eigenvalue weighted by Gasteiger charge is -2.29. The van der Waals surface area contributed by atoms with Gasteiger partial charge in [0.25, 0.3) is 0 Å². The monoisotopic (exact) mass is 230 g/mol. The average Bonchev–Trinajstić information content (AvgIpc) is 2.82. The standard InChI is InChI=1S/C13H14N2O2/c1-13(2)7-10-9(11(16)8-13)3-5-15(10)12-4-6-17-14-12/h3-6H,7-8H2,1-2H3. The van der Waals surface area contributed by atoms with Crippen molar-refractivity contribution in [3.05, 3.63) is 35.9 Å². The number of nitrogens with zero attached hydrogens (tertiary/aromatic N) is 2. The van der Waals surface area contributed by atoms with Crippen molar-refractivity contribution in [2.45, 2.75) is 26.7 Å².